The summed E-state index contributed by atoms with van der Waals surface area (Å²) in [5.41, 5.74) is 0.510. The molecule has 1 atom stereocenters. The molecule has 1 aromatic carbocycles. The summed E-state index contributed by atoms with van der Waals surface area (Å²) < 4.78 is 0. The molecule has 1 N–H and O–H groups in total. The third-order valence-corrected chi connectivity index (χ3v) is 3.71. The van der Waals surface area contributed by atoms with Gasteiger partial charge in [0.2, 0.25) is 0 Å². The number of hydrogen-bond donors (Lipinski definition) is 1. The molecule has 2 rings (SSSR count). The van der Waals surface area contributed by atoms with Crippen molar-refractivity contribution < 1.29 is 9.90 Å². The Balaban J connectivity index is 2.08. The Kier molecular flexibility index (Phi) is 4.19. The van der Waals surface area contributed by atoms with Crippen molar-refractivity contribution >= 4 is 17.4 Å². The number of aliphatic hydroxyl groups excluding tert-OH is 1. The minimum atomic E-state index is -0.867. The van der Waals surface area contributed by atoms with E-state index in [1.54, 1.807) is 24.3 Å². The first-order valence-corrected chi connectivity index (χ1v) is 6.54. The monoisotopic (exact) mass is 252 g/mol. The van der Waals surface area contributed by atoms with Crippen molar-refractivity contribution in [3.63, 3.8) is 0 Å². The van der Waals surface area contributed by atoms with E-state index in [4.69, 9.17) is 11.6 Å². The first-order valence-electron chi connectivity index (χ1n) is 6.16. The zero-order valence-corrected chi connectivity index (χ0v) is 10.5. The second kappa shape index (κ2) is 5.65. The normalized spacial score (nSPS) is 18.9. The fourth-order valence-electron chi connectivity index (χ4n) is 2.48. The molecule has 3 heteroatoms. The van der Waals surface area contributed by atoms with Crippen LogP contribution in [0.25, 0.3) is 0 Å². The summed E-state index contributed by atoms with van der Waals surface area (Å²) >= 11 is 5.85. The van der Waals surface area contributed by atoms with Crippen molar-refractivity contribution in [2.75, 3.05) is 0 Å². The molecule has 1 aromatic rings. The van der Waals surface area contributed by atoms with Crippen LogP contribution >= 0.6 is 11.6 Å². The van der Waals surface area contributed by atoms with Crippen LogP contribution in [0.5, 0.6) is 0 Å². The van der Waals surface area contributed by atoms with Crippen LogP contribution in [0, 0.1) is 5.92 Å². The van der Waals surface area contributed by atoms with Crippen LogP contribution < -0.4 is 0 Å². The van der Waals surface area contributed by atoms with Crippen LogP contribution in [-0.2, 0) is 0 Å². The minimum Gasteiger partial charge on any atom is -0.385 e. The Labute approximate surface area is 107 Å². The zero-order chi connectivity index (χ0) is 12.3. The van der Waals surface area contributed by atoms with Gasteiger partial charge in [-0.25, -0.2) is 0 Å². The molecule has 1 aliphatic carbocycles. The summed E-state index contributed by atoms with van der Waals surface area (Å²) in [5, 5.41) is 10.6. The number of ketones is 1. The third-order valence-electron chi connectivity index (χ3n) is 3.47. The number of benzene rings is 1. The maximum absolute atomic E-state index is 12.1. The third kappa shape index (κ3) is 3.08. The van der Waals surface area contributed by atoms with Gasteiger partial charge >= 0.3 is 0 Å². The minimum absolute atomic E-state index is 0.121. The second-order valence-electron chi connectivity index (χ2n) is 4.72. The summed E-state index contributed by atoms with van der Waals surface area (Å²) in [5.74, 6) is -0.0744. The molecule has 0 spiro atoms. The largest absolute Gasteiger partial charge is 0.385 e. The summed E-state index contributed by atoms with van der Waals surface area (Å²) in [6.45, 7) is 0. The molecule has 1 saturated carbocycles. The van der Waals surface area contributed by atoms with E-state index in [0.717, 1.165) is 25.7 Å². The summed E-state index contributed by atoms with van der Waals surface area (Å²) in [6, 6.07) is 6.80. The Bertz CT molecular complexity index is 397. The summed E-state index contributed by atoms with van der Waals surface area (Å²) in [4.78, 5) is 12.1. The van der Waals surface area contributed by atoms with Crippen LogP contribution in [0.4, 0.5) is 0 Å². The van der Waals surface area contributed by atoms with Crippen LogP contribution in [0.3, 0.4) is 0 Å². The molecule has 92 valence electrons. The second-order valence-corrected chi connectivity index (χ2v) is 5.15. The molecule has 1 fully saturated rings. The average Bonchev–Trinajstić information content (AvgIpc) is 2.38. The van der Waals surface area contributed by atoms with Crippen molar-refractivity contribution in [2.24, 2.45) is 5.92 Å². The Morgan fingerprint density at radius 2 is 2.00 bits per heavy atom. The number of hydrogen-bond acceptors (Lipinski definition) is 2. The molecular weight excluding hydrogens is 236 g/mol. The standard InChI is InChI=1S/C14H17ClO2/c15-12-8-4-7-11(9-12)14(17)13(16)10-5-2-1-3-6-10/h4,7-10,13,16H,1-3,5-6H2. The molecular formula is C14H17ClO2. The highest BCUT2D eigenvalue weighted by Gasteiger charge is 2.28. The molecule has 0 aliphatic heterocycles. The number of aliphatic hydroxyl groups is 1. The molecule has 0 aromatic heterocycles. The summed E-state index contributed by atoms with van der Waals surface area (Å²) in [6.07, 6.45) is 4.48. The van der Waals surface area contributed by atoms with Crippen molar-refractivity contribution in [1.29, 1.82) is 0 Å². The van der Waals surface area contributed by atoms with E-state index in [1.165, 1.54) is 6.42 Å². The summed E-state index contributed by atoms with van der Waals surface area (Å²) in [7, 11) is 0. The van der Waals surface area contributed by atoms with Gasteiger partial charge < -0.3 is 5.11 Å². The van der Waals surface area contributed by atoms with E-state index in [1.807, 2.05) is 0 Å². The molecule has 0 saturated heterocycles. The van der Waals surface area contributed by atoms with Crippen LogP contribution in [0.15, 0.2) is 24.3 Å². The van der Waals surface area contributed by atoms with Gasteiger partial charge in [0.1, 0.15) is 6.10 Å². The molecule has 0 amide bonds. The van der Waals surface area contributed by atoms with Gasteiger partial charge in [0.05, 0.1) is 0 Å². The topological polar surface area (TPSA) is 37.3 Å². The predicted octanol–water partition coefficient (Wildman–Crippen LogP) is 3.46. The van der Waals surface area contributed by atoms with Crippen LogP contribution in [0.2, 0.25) is 5.02 Å². The number of Topliss-reactive ketones (excluding diaryl/α,β-unsaturated/α-hetero) is 1. The molecule has 2 nitrogen and oxygen atoms in total. The molecule has 1 unspecified atom stereocenters. The van der Waals surface area contributed by atoms with Gasteiger partial charge in [-0.2, -0.15) is 0 Å². The van der Waals surface area contributed by atoms with Gasteiger partial charge in [-0.05, 0) is 30.9 Å². The van der Waals surface area contributed by atoms with Gasteiger partial charge in [0, 0.05) is 10.6 Å². The van der Waals surface area contributed by atoms with E-state index in [2.05, 4.69) is 0 Å². The van der Waals surface area contributed by atoms with Crippen molar-refractivity contribution in [3.05, 3.63) is 34.9 Å². The van der Waals surface area contributed by atoms with Crippen molar-refractivity contribution in [3.8, 4) is 0 Å². The van der Waals surface area contributed by atoms with E-state index >= 15 is 0 Å². The number of rotatable bonds is 3. The number of carbonyl (C=O) groups excluding carboxylic acids is 1. The Hall–Kier alpha value is -0.860. The van der Waals surface area contributed by atoms with Crippen LogP contribution in [-0.4, -0.2) is 17.0 Å². The molecule has 1 aliphatic rings. The first kappa shape index (κ1) is 12.6. The number of halogens is 1. The highest BCUT2D eigenvalue weighted by atomic mass is 35.5. The molecule has 0 bridgehead atoms. The van der Waals surface area contributed by atoms with E-state index in [0.29, 0.717) is 10.6 Å². The van der Waals surface area contributed by atoms with E-state index < -0.39 is 6.10 Å². The van der Waals surface area contributed by atoms with Crippen molar-refractivity contribution in [1.82, 2.24) is 0 Å². The SMILES string of the molecule is O=C(c1cccc(Cl)c1)C(O)C1CCCCC1. The molecule has 0 radical (unpaired) electrons. The lowest BCUT2D eigenvalue weighted by Gasteiger charge is -2.25. The van der Waals surface area contributed by atoms with Gasteiger partial charge in [-0.1, -0.05) is 43.0 Å². The van der Waals surface area contributed by atoms with Crippen molar-refractivity contribution in [2.45, 2.75) is 38.2 Å². The highest BCUT2D eigenvalue weighted by molar-refractivity contribution is 6.31. The molecule has 0 heterocycles. The van der Waals surface area contributed by atoms with Gasteiger partial charge in [-0.3, -0.25) is 4.79 Å². The Morgan fingerprint density at radius 1 is 1.29 bits per heavy atom. The lowest BCUT2D eigenvalue weighted by Crippen LogP contribution is -2.31. The molecule has 17 heavy (non-hydrogen) atoms. The fourth-order valence-corrected chi connectivity index (χ4v) is 2.67. The number of carbonyl (C=O) groups is 1. The maximum atomic E-state index is 12.1. The van der Waals surface area contributed by atoms with Crippen LogP contribution in [0.1, 0.15) is 42.5 Å². The Morgan fingerprint density at radius 3 is 2.65 bits per heavy atom. The van der Waals surface area contributed by atoms with E-state index in [-0.39, 0.29) is 11.7 Å². The maximum Gasteiger partial charge on any atom is 0.191 e. The lowest BCUT2D eigenvalue weighted by molar-refractivity contribution is 0.0534. The van der Waals surface area contributed by atoms with Gasteiger partial charge in [0.25, 0.3) is 0 Å². The predicted molar refractivity (Wildman–Crippen MR) is 68.4 cm³/mol. The zero-order valence-electron chi connectivity index (χ0n) is 9.73. The fraction of sp³-hybridized carbons (Fsp3) is 0.500. The lowest BCUT2D eigenvalue weighted by atomic mass is 9.82. The highest BCUT2D eigenvalue weighted by Crippen LogP contribution is 2.28. The smallest absolute Gasteiger partial charge is 0.191 e. The average molecular weight is 253 g/mol. The first-order chi connectivity index (χ1) is 8.18. The van der Waals surface area contributed by atoms with E-state index in [9.17, 15) is 9.90 Å². The van der Waals surface area contributed by atoms with Gasteiger partial charge in [-0.15, -0.1) is 0 Å². The van der Waals surface area contributed by atoms with Gasteiger partial charge in [0.15, 0.2) is 5.78 Å². The quantitative estimate of drug-likeness (QED) is 0.837.